The Kier molecular flexibility index (Phi) is 3.69. The third-order valence-electron chi connectivity index (χ3n) is 3.67. The fraction of sp³-hybridized carbons (Fsp3) is 0.188. The number of rotatable bonds is 3. The Morgan fingerprint density at radius 3 is 2.78 bits per heavy atom. The molecule has 0 radical (unpaired) electrons. The zero-order valence-electron chi connectivity index (χ0n) is 12.8. The van der Waals surface area contributed by atoms with E-state index in [2.05, 4.69) is 15.3 Å². The number of nitrogens with two attached hydrogens (primary N) is 1. The third-order valence-corrected chi connectivity index (χ3v) is 3.67. The lowest BCUT2D eigenvalue weighted by Crippen LogP contribution is -2.22. The van der Waals surface area contributed by atoms with Crippen molar-refractivity contribution >= 4 is 22.7 Å². The molecule has 0 bridgehead atoms. The number of anilines is 2. The lowest BCUT2D eigenvalue weighted by atomic mass is 10.1. The highest BCUT2D eigenvalue weighted by atomic mass is 19.1. The smallest absolute Gasteiger partial charge is 0.260 e. The van der Waals surface area contributed by atoms with E-state index in [4.69, 9.17) is 5.73 Å². The summed E-state index contributed by atoms with van der Waals surface area (Å²) in [5, 5.41) is 3.58. The van der Waals surface area contributed by atoms with Gasteiger partial charge < -0.3 is 11.1 Å². The molecule has 0 aliphatic rings. The molecular weight excluding hydrogens is 297 g/mol. The first-order valence-corrected chi connectivity index (χ1v) is 7.19. The van der Waals surface area contributed by atoms with Gasteiger partial charge in [0, 0.05) is 30.7 Å². The van der Waals surface area contributed by atoms with Crippen LogP contribution in [0.5, 0.6) is 0 Å². The summed E-state index contributed by atoms with van der Waals surface area (Å²) in [7, 11) is 1.71. The predicted octanol–water partition coefficient (Wildman–Crippen LogP) is 2.24. The van der Waals surface area contributed by atoms with Crippen molar-refractivity contribution in [1.82, 2.24) is 14.5 Å². The summed E-state index contributed by atoms with van der Waals surface area (Å²) < 4.78 is 14.9. The second-order valence-corrected chi connectivity index (χ2v) is 5.07. The van der Waals surface area contributed by atoms with E-state index in [1.807, 2.05) is 6.92 Å². The lowest BCUT2D eigenvalue weighted by molar-refractivity contribution is 0.632. The van der Waals surface area contributed by atoms with Crippen LogP contribution in [0.25, 0.3) is 22.2 Å². The van der Waals surface area contributed by atoms with Crippen molar-refractivity contribution in [2.45, 2.75) is 13.5 Å². The van der Waals surface area contributed by atoms with Gasteiger partial charge in [-0.1, -0.05) is 6.07 Å². The minimum atomic E-state index is -0.507. The van der Waals surface area contributed by atoms with Crippen LogP contribution in [0.2, 0.25) is 0 Å². The maximum Gasteiger partial charge on any atom is 0.260 e. The average Bonchev–Trinajstić information content (AvgIpc) is 2.56. The summed E-state index contributed by atoms with van der Waals surface area (Å²) in [4.78, 5) is 21.3. The summed E-state index contributed by atoms with van der Waals surface area (Å²) in [5.41, 5.74) is 6.97. The number of aromatic nitrogens is 3. The Morgan fingerprint density at radius 1 is 1.35 bits per heavy atom. The highest BCUT2D eigenvalue weighted by molar-refractivity contribution is 5.82. The number of hydrogen-bond donors (Lipinski definition) is 2. The predicted molar refractivity (Wildman–Crippen MR) is 88.8 cm³/mol. The molecule has 0 spiro atoms. The molecule has 0 atom stereocenters. The Bertz CT molecular complexity index is 951. The number of pyridine rings is 1. The van der Waals surface area contributed by atoms with Crippen molar-refractivity contribution in [1.29, 1.82) is 0 Å². The minimum absolute atomic E-state index is 0.00632. The van der Waals surface area contributed by atoms with Crippen molar-refractivity contribution in [2.24, 2.45) is 0 Å². The van der Waals surface area contributed by atoms with Gasteiger partial charge in [0.2, 0.25) is 5.95 Å². The van der Waals surface area contributed by atoms with Crippen LogP contribution < -0.4 is 16.6 Å². The van der Waals surface area contributed by atoms with Gasteiger partial charge >= 0.3 is 0 Å². The number of halogens is 1. The van der Waals surface area contributed by atoms with Crippen LogP contribution in [0.1, 0.15) is 6.92 Å². The largest absolute Gasteiger partial charge is 0.396 e. The van der Waals surface area contributed by atoms with E-state index in [-0.39, 0.29) is 11.2 Å². The van der Waals surface area contributed by atoms with E-state index in [0.29, 0.717) is 29.3 Å². The SMILES string of the molecule is CCn1c(=O)c(-c2ccc(F)c(N)c2)cc2cnc(NC)nc21. The molecule has 2 heterocycles. The number of fused-ring (bicyclic) bond motifs is 1. The van der Waals surface area contributed by atoms with Crippen LogP contribution in [-0.4, -0.2) is 21.6 Å². The van der Waals surface area contributed by atoms with Gasteiger partial charge in [0.1, 0.15) is 11.5 Å². The average molecular weight is 313 g/mol. The van der Waals surface area contributed by atoms with Gasteiger partial charge in [-0.2, -0.15) is 4.98 Å². The molecule has 3 N–H and O–H groups in total. The molecule has 3 aromatic rings. The second-order valence-electron chi connectivity index (χ2n) is 5.07. The maximum absolute atomic E-state index is 13.4. The van der Waals surface area contributed by atoms with E-state index in [9.17, 15) is 9.18 Å². The fourth-order valence-electron chi connectivity index (χ4n) is 2.49. The summed E-state index contributed by atoms with van der Waals surface area (Å²) in [6.45, 7) is 2.32. The van der Waals surface area contributed by atoms with Gasteiger partial charge in [-0.05, 0) is 30.7 Å². The minimum Gasteiger partial charge on any atom is -0.396 e. The fourth-order valence-corrected chi connectivity index (χ4v) is 2.49. The monoisotopic (exact) mass is 313 g/mol. The van der Waals surface area contributed by atoms with Gasteiger partial charge in [-0.3, -0.25) is 9.36 Å². The molecule has 6 nitrogen and oxygen atoms in total. The van der Waals surface area contributed by atoms with Crippen molar-refractivity contribution in [2.75, 3.05) is 18.1 Å². The topological polar surface area (TPSA) is 85.8 Å². The molecular formula is C16H16FN5O. The number of benzene rings is 1. The van der Waals surface area contributed by atoms with Crippen molar-refractivity contribution in [3.63, 3.8) is 0 Å². The molecule has 0 aliphatic carbocycles. The summed E-state index contributed by atoms with van der Waals surface area (Å²) in [6, 6.07) is 5.96. The van der Waals surface area contributed by atoms with Gasteiger partial charge in [-0.15, -0.1) is 0 Å². The molecule has 0 saturated heterocycles. The molecule has 0 fully saturated rings. The van der Waals surface area contributed by atoms with E-state index >= 15 is 0 Å². The van der Waals surface area contributed by atoms with Crippen molar-refractivity contribution < 1.29 is 4.39 Å². The van der Waals surface area contributed by atoms with E-state index in [0.717, 1.165) is 5.39 Å². The molecule has 0 amide bonds. The van der Waals surface area contributed by atoms with Crippen LogP contribution in [0.4, 0.5) is 16.0 Å². The number of aryl methyl sites for hydroxylation is 1. The molecule has 2 aromatic heterocycles. The van der Waals surface area contributed by atoms with Gasteiger partial charge in [0.15, 0.2) is 0 Å². The Morgan fingerprint density at radius 2 is 2.13 bits per heavy atom. The zero-order chi connectivity index (χ0) is 16.6. The van der Waals surface area contributed by atoms with Gasteiger partial charge in [-0.25, -0.2) is 9.37 Å². The highest BCUT2D eigenvalue weighted by Crippen LogP contribution is 2.23. The number of nitrogen functional groups attached to an aromatic ring is 1. The van der Waals surface area contributed by atoms with Gasteiger partial charge in [0.25, 0.3) is 5.56 Å². The molecule has 0 saturated carbocycles. The van der Waals surface area contributed by atoms with E-state index < -0.39 is 5.82 Å². The zero-order valence-corrected chi connectivity index (χ0v) is 12.8. The summed E-state index contributed by atoms with van der Waals surface area (Å²) in [5.74, 6) is -0.0646. The molecule has 23 heavy (non-hydrogen) atoms. The standard InChI is InChI=1S/C16H16FN5O/c1-3-22-14-10(8-20-16(19-2)21-14)6-11(15(22)23)9-4-5-12(17)13(18)7-9/h4-8H,3,18H2,1-2H3,(H,19,20,21). The Balaban J connectivity index is 2.32. The van der Waals surface area contributed by atoms with Crippen LogP contribution in [-0.2, 0) is 6.54 Å². The molecule has 0 unspecified atom stereocenters. The number of nitrogens with one attached hydrogen (secondary N) is 1. The van der Waals surface area contributed by atoms with Gasteiger partial charge in [0.05, 0.1) is 5.69 Å². The molecule has 7 heteroatoms. The second kappa shape index (κ2) is 5.68. The molecule has 0 aliphatic heterocycles. The Hall–Kier alpha value is -2.96. The lowest BCUT2D eigenvalue weighted by Gasteiger charge is -2.11. The quantitative estimate of drug-likeness (QED) is 0.724. The van der Waals surface area contributed by atoms with Crippen LogP contribution in [0.15, 0.2) is 35.3 Å². The highest BCUT2D eigenvalue weighted by Gasteiger charge is 2.13. The first-order chi connectivity index (χ1) is 11.0. The summed E-state index contributed by atoms with van der Waals surface area (Å²) in [6.07, 6.45) is 1.65. The first kappa shape index (κ1) is 15.0. The normalized spacial score (nSPS) is 10.9. The molecule has 3 rings (SSSR count). The molecule has 118 valence electrons. The van der Waals surface area contributed by atoms with E-state index in [1.54, 1.807) is 23.9 Å². The van der Waals surface area contributed by atoms with Crippen LogP contribution in [0, 0.1) is 5.82 Å². The van der Waals surface area contributed by atoms with Crippen molar-refractivity contribution in [3.8, 4) is 11.1 Å². The van der Waals surface area contributed by atoms with Crippen molar-refractivity contribution in [3.05, 3.63) is 46.6 Å². The molecule has 1 aromatic carbocycles. The van der Waals surface area contributed by atoms with Crippen LogP contribution >= 0.6 is 0 Å². The van der Waals surface area contributed by atoms with E-state index in [1.165, 1.54) is 18.2 Å². The first-order valence-electron chi connectivity index (χ1n) is 7.19. The maximum atomic E-state index is 13.4. The number of hydrogen-bond acceptors (Lipinski definition) is 5. The summed E-state index contributed by atoms with van der Waals surface area (Å²) >= 11 is 0. The number of nitrogens with zero attached hydrogens (tertiary/aromatic N) is 3. The third kappa shape index (κ3) is 2.50. The Labute approximate surface area is 131 Å². The van der Waals surface area contributed by atoms with Crippen LogP contribution in [0.3, 0.4) is 0 Å².